The monoisotopic (exact) mass is 341 g/mol. The van der Waals surface area contributed by atoms with Gasteiger partial charge in [-0.1, -0.05) is 12.1 Å². The third-order valence-corrected chi connectivity index (χ3v) is 4.98. The number of amides is 1. The summed E-state index contributed by atoms with van der Waals surface area (Å²) in [5.74, 6) is 0.768. The van der Waals surface area contributed by atoms with Gasteiger partial charge in [-0.3, -0.25) is 14.6 Å². The maximum absolute atomic E-state index is 11.2. The highest BCUT2D eigenvalue weighted by Gasteiger charge is 2.24. The summed E-state index contributed by atoms with van der Waals surface area (Å²) in [5.41, 5.74) is 7.07. The van der Waals surface area contributed by atoms with Crippen molar-refractivity contribution in [1.82, 2.24) is 19.4 Å². The van der Waals surface area contributed by atoms with Crippen molar-refractivity contribution in [3.63, 3.8) is 0 Å². The van der Waals surface area contributed by atoms with Crippen molar-refractivity contribution in [2.24, 2.45) is 5.73 Å². The Bertz CT molecular complexity index is 709. The van der Waals surface area contributed by atoms with Crippen LogP contribution < -0.4 is 5.73 Å². The SMILES string of the molecule is CCn1ccnc1CN1CCN(Cc2ccc(C(N)=O)cc2)CC1C. The lowest BCUT2D eigenvalue weighted by molar-refractivity contribution is 0.0705. The first kappa shape index (κ1) is 17.6. The topological polar surface area (TPSA) is 67.4 Å². The number of nitrogens with zero attached hydrogens (tertiary/aromatic N) is 4. The number of piperazine rings is 1. The van der Waals surface area contributed by atoms with Crippen LogP contribution >= 0.6 is 0 Å². The van der Waals surface area contributed by atoms with Gasteiger partial charge in [0.25, 0.3) is 0 Å². The van der Waals surface area contributed by atoms with E-state index in [4.69, 9.17) is 5.73 Å². The molecule has 6 heteroatoms. The molecule has 1 aliphatic heterocycles. The van der Waals surface area contributed by atoms with Gasteiger partial charge in [0.1, 0.15) is 5.82 Å². The van der Waals surface area contributed by atoms with Crippen molar-refractivity contribution in [2.45, 2.75) is 39.5 Å². The fourth-order valence-electron chi connectivity index (χ4n) is 3.44. The summed E-state index contributed by atoms with van der Waals surface area (Å²) in [7, 11) is 0. The van der Waals surface area contributed by atoms with Gasteiger partial charge in [-0.15, -0.1) is 0 Å². The van der Waals surface area contributed by atoms with E-state index < -0.39 is 0 Å². The van der Waals surface area contributed by atoms with Crippen LogP contribution in [0, 0.1) is 0 Å². The van der Waals surface area contributed by atoms with Crippen LogP contribution in [-0.4, -0.2) is 50.9 Å². The van der Waals surface area contributed by atoms with Gasteiger partial charge in [0.2, 0.25) is 5.91 Å². The number of carbonyl (C=O) groups excluding carboxylic acids is 1. The highest BCUT2D eigenvalue weighted by Crippen LogP contribution is 2.16. The Morgan fingerprint density at radius 1 is 1.24 bits per heavy atom. The van der Waals surface area contributed by atoms with E-state index >= 15 is 0 Å². The van der Waals surface area contributed by atoms with Crippen LogP contribution in [0.5, 0.6) is 0 Å². The van der Waals surface area contributed by atoms with E-state index in [-0.39, 0.29) is 5.91 Å². The molecule has 2 N–H and O–H groups in total. The minimum atomic E-state index is -0.376. The zero-order valence-corrected chi connectivity index (χ0v) is 15.1. The van der Waals surface area contributed by atoms with E-state index in [2.05, 4.69) is 33.2 Å². The summed E-state index contributed by atoms with van der Waals surface area (Å²) in [6.07, 6.45) is 3.93. The summed E-state index contributed by atoms with van der Waals surface area (Å²) in [6.45, 7) is 10.3. The Balaban J connectivity index is 1.55. The number of imidazole rings is 1. The lowest BCUT2D eigenvalue weighted by Gasteiger charge is -2.39. The normalized spacial score (nSPS) is 19.2. The highest BCUT2D eigenvalue weighted by molar-refractivity contribution is 5.92. The first-order chi connectivity index (χ1) is 12.1. The molecular weight excluding hydrogens is 314 g/mol. The highest BCUT2D eigenvalue weighted by atomic mass is 16.1. The van der Waals surface area contributed by atoms with Gasteiger partial charge in [-0.2, -0.15) is 0 Å². The van der Waals surface area contributed by atoms with Crippen molar-refractivity contribution in [3.05, 3.63) is 53.6 Å². The van der Waals surface area contributed by atoms with Crippen LogP contribution in [0.3, 0.4) is 0 Å². The van der Waals surface area contributed by atoms with Gasteiger partial charge in [0, 0.05) is 56.7 Å². The molecule has 1 aliphatic rings. The standard InChI is InChI=1S/C19H27N5O/c1-3-23-9-8-21-18(23)14-24-11-10-22(12-15(24)2)13-16-4-6-17(7-5-16)19(20)25/h4-9,15H,3,10-14H2,1-2H3,(H2,20,25). The Morgan fingerprint density at radius 2 is 2.00 bits per heavy atom. The molecule has 0 aliphatic carbocycles. The number of hydrogen-bond acceptors (Lipinski definition) is 4. The molecule has 1 saturated heterocycles. The molecule has 1 aromatic heterocycles. The average molecular weight is 341 g/mol. The summed E-state index contributed by atoms with van der Waals surface area (Å²) in [4.78, 5) is 20.6. The molecule has 2 aromatic rings. The third kappa shape index (κ3) is 4.27. The van der Waals surface area contributed by atoms with E-state index in [9.17, 15) is 4.79 Å². The molecule has 1 atom stereocenters. The number of aromatic nitrogens is 2. The fourth-order valence-corrected chi connectivity index (χ4v) is 3.44. The number of carbonyl (C=O) groups is 1. The van der Waals surface area contributed by atoms with Gasteiger partial charge >= 0.3 is 0 Å². The minimum Gasteiger partial charge on any atom is -0.366 e. The molecule has 25 heavy (non-hydrogen) atoms. The van der Waals surface area contributed by atoms with Gasteiger partial charge < -0.3 is 10.3 Å². The van der Waals surface area contributed by atoms with Crippen LogP contribution in [0.25, 0.3) is 0 Å². The quantitative estimate of drug-likeness (QED) is 0.868. The van der Waals surface area contributed by atoms with Crippen molar-refractivity contribution in [2.75, 3.05) is 19.6 Å². The molecule has 1 fully saturated rings. The number of hydrogen-bond donors (Lipinski definition) is 1. The van der Waals surface area contributed by atoms with Gasteiger partial charge in [-0.25, -0.2) is 4.98 Å². The van der Waals surface area contributed by atoms with Gasteiger partial charge in [0.15, 0.2) is 0 Å². The first-order valence-corrected chi connectivity index (χ1v) is 8.92. The molecule has 0 radical (unpaired) electrons. The second-order valence-corrected chi connectivity index (χ2v) is 6.75. The Hall–Kier alpha value is -2.18. The Morgan fingerprint density at radius 3 is 2.64 bits per heavy atom. The average Bonchev–Trinajstić information content (AvgIpc) is 3.05. The molecule has 1 unspecified atom stereocenters. The Labute approximate surface area is 149 Å². The molecule has 134 valence electrons. The number of aryl methyl sites for hydroxylation is 1. The zero-order valence-electron chi connectivity index (χ0n) is 15.1. The van der Waals surface area contributed by atoms with Crippen molar-refractivity contribution in [1.29, 1.82) is 0 Å². The van der Waals surface area contributed by atoms with E-state index in [0.29, 0.717) is 11.6 Å². The van der Waals surface area contributed by atoms with Crippen LogP contribution in [0.15, 0.2) is 36.7 Å². The Kier molecular flexibility index (Phi) is 5.50. The second kappa shape index (κ2) is 7.80. The van der Waals surface area contributed by atoms with Crippen LogP contribution in [0.1, 0.15) is 35.6 Å². The molecule has 0 spiro atoms. The molecule has 0 bridgehead atoms. The number of benzene rings is 1. The summed E-state index contributed by atoms with van der Waals surface area (Å²) >= 11 is 0. The predicted octanol–water partition coefficient (Wildman–Crippen LogP) is 1.71. The van der Waals surface area contributed by atoms with Crippen molar-refractivity contribution >= 4 is 5.91 Å². The van der Waals surface area contributed by atoms with E-state index in [1.807, 2.05) is 36.7 Å². The predicted molar refractivity (Wildman–Crippen MR) is 98.0 cm³/mol. The zero-order chi connectivity index (χ0) is 17.8. The fraction of sp³-hybridized carbons (Fsp3) is 0.474. The first-order valence-electron chi connectivity index (χ1n) is 8.92. The van der Waals surface area contributed by atoms with E-state index in [0.717, 1.165) is 45.1 Å². The molecule has 0 saturated carbocycles. The van der Waals surface area contributed by atoms with E-state index in [1.54, 1.807) is 0 Å². The number of primary amides is 1. The van der Waals surface area contributed by atoms with Crippen LogP contribution in [-0.2, 0) is 19.6 Å². The van der Waals surface area contributed by atoms with Gasteiger partial charge in [-0.05, 0) is 31.5 Å². The molecule has 6 nitrogen and oxygen atoms in total. The summed E-state index contributed by atoms with van der Waals surface area (Å²) in [6, 6.07) is 8.09. The van der Waals surface area contributed by atoms with Gasteiger partial charge in [0.05, 0.1) is 6.54 Å². The van der Waals surface area contributed by atoms with E-state index in [1.165, 1.54) is 5.56 Å². The smallest absolute Gasteiger partial charge is 0.248 e. The van der Waals surface area contributed by atoms with Crippen molar-refractivity contribution < 1.29 is 4.79 Å². The maximum atomic E-state index is 11.2. The summed E-state index contributed by atoms with van der Waals surface area (Å²) < 4.78 is 2.21. The lowest BCUT2D eigenvalue weighted by atomic mass is 10.1. The molecule has 1 amide bonds. The number of rotatable bonds is 6. The minimum absolute atomic E-state index is 0.376. The molecule has 3 rings (SSSR count). The van der Waals surface area contributed by atoms with Crippen LogP contribution in [0.4, 0.5) is 0 Å². The summed E-state index contributed by atoms with van der Waals surface area (Å²) in [5, 5.41) is 0. The largest absolute Gasteiger partial charge is 0.366 e. The molecule has 1 aromatic carbocycles. The van der Waals surface area contributed by atoms with Crippen LogP contribution in [0.2, 0.25) is 0 Å². The maximum Gasteiger partial charge on any atom is 0.248 e. The molecule has 2 heterocycles. The van der Waals surface area contributed by atoms with Crippen molar-refractivity contribution in [3.8, 4) is 0 Å². The molecular formula is C19H27N5O. The lowest BCUT2D eigenvalue weighted by Crippen LogP contribution is -2.51. The number of nitrogens with two attached hydrogens (primary N) is 1. The third-order valence-electron chi connectivity index (χ3n) is 4.98. The second-order valence-electron chi connectivity index (χ2n) is 6.75.